The zero-order chi connectivity index (χ0) is 22.2. The van der Waals surface area contributed by atoms with Crippen LogP contribution in [0.3, 0.4) is 0 Å². The Kier molecular flexibility index (Phi) is 5.14. The molecule has 1 aliphatic rings. The second-order valence-corrected chi connectivity index (χ2v) is 8.27. The molecule has 0 saturated carbocycles. The number of para-hydroxylation sites is 2. The van der Waals surface area contributed by atoms with Crippen molar-refractivity contribution in [1.82, 2.24) is 9.36 Å². The van der Waals surface area contributed by atoms with Crippen molar-refractivity contribution < 1.29 is 13.9 Å². The molecule has 0 saturated heterocycles. The van der Waals surface area contributed by atoms with Gasteiger partial charge >= 0.3 is 0 Å². The maximum Gasteiger partial charge on any atom is 0.278 e. The van der Waals surface area contributed by atoms with E-state index in [4.69, 9.17) is 4.74 Å². The Bertz CT molecular complexity index is 1400. The number of hydrogen-bond donors (Lipinski definition) is 1. The van der Waals surface area contributed by atoms with Gasteiger partial charge in [0.25, 0.3) is 5.56 Å². The molecule has 8 heteroatoms. The second kappa shape index (κ2) is 8.12. The summed E-state index contributed by atoms with van der Waals surface area (Å²) in [6.45, 7) is -0.239. The van der Waals surface area contributed by atoms with Crippen molar-refractivity contribution in [3.8, 4) is 17.3 Å². The molecule has 0 atom stereocenters. The van der Waals surface area contributed by atoms with E-state index in [0.29, 0.717) is 33.8 Å². The van der Waals surface area contributed by atoms with Crippen molar-refractivity contribution in [2.75, 3.05) is 5.32 Å². The molecule has 1 aromatic heterocycles. The summed E-state index contributed by atoms with van der Waals surface area (Å²) >= 11 is 3.20. The highest BCUT2D eigenvalue weighted by Gasteiger charge is 2.29. The SMILES string of the molecule is O=C(Cn1c2c(c(=O)n1-c1ccccc1)Cc1ccccc1O2)Nc1ccc(Br)cc1F. The van der Waals surface area contributed by atoms with Gasteiger partial charge in [0.05, 0.1) is 16.9 Å². The minimum atomic E-state index is -0.562. The summed E-state index contributed by atoms with van der Waals surface area (Å²) in [5, 5.41) is 2.57. The van der Waals surface area contributed by atoms with E-state index in [-0.39, 0.29) is 17.8 Å². The lowest BCUT2D eigenvalue weighted by atomic mass is 10.0. The van der Waals surface area contributed by atoms with Gasteiger partial charge < -0.3 is 10.1 Å². The zero-order valence-electron chi connectivity index (χ0n) is 16.7. The van der Waals surface area contributed by atoms with E-state index < -0.39 is 11.7 Å². The highest BCUT2D eigenvalue weighted by atomic mass is 79.9. The molecular weight excluding hydrogens is 477 g/mol. The van der Waals surface area contributed by atoms with E-state index >= 15 is 0 Å². The Labute approximate surface area is 191 Å². The number of fused-ring (bicyclic) bond motifs is 2. The van der Waals surface area contributed by atoms with Gasteiger partial charge in [0.2, 0.25) is 11.8 Å². The number of hydrogen-bond acceptors (Lipinski definition) is 3. The zero-order valence-corrected chi connectivity index (χ0v) is 18.3. The first-order chi connectivity index (χ1) is 15.5. The fourth-order valence-electron chi connectivity index (χ4n) is 3.77. The molecule has 2 heterocycles. The summed E-state index contributed by atoms with van der Waals surface area (Å²) in [4.78, 5) is 26.2. The van der Waals surface area contributed by atoms with Crippen molar-refractivity contribution in [3.63, 3.8) is 0 Å². The van der Waals surface area contributed by atoms with Gasteiger partial charge in [0.1, 0.15) is 18.1 Å². The number of anilines is 1. The number of nitrogens with zero attached hydrogens (tertiary/aromatic N) is 2. The molecule has 0 bridgehead atoms. The predicted octanol–water partition coefficient (Wildman–Crippen LogP) is 4.88. The fraction of sp³-hybridized carbons (Fsp3) is 0.0833. The van der Waals surface area contributed by atoms with Crippen LogP contribution >= 0.6 is 15.9 Å². The van der Waals surface area contributed by atoms with Crippen LogP contribution in [0.15, 0.2) is 82.1 Å². The van der Waals surface area contributed by atoms with Crippen LogP contribution < -0.4 is 15.6 Å². The topological polar surface area (TPSA) is 65.3 Å². The summed E-state index contributed by atoms with van der Waals surface area (Å²) in [5.74, 6) is -0.105. The smallest absolute Gasteiger partial charge is 0.278 e. The number of carbonyl (C=O) groups is 1. The van der Waals surface area contributed by atoms with E-state index in [1.54, 1.807) is 18.2 Å². The number of rotatable bonds is 4. The number of benzene rings is 3. The quantitative estimate of drug-likeness (QED) is 0.388. The van der Waals surface area contributed by atoms with Gasteiger partial charge in [0, 0.05) is 10.9 Å². The molecular formula is C24H17BrFN3O3. The predicted molar refractivity (Wildman–Crippen MR) is 122 cm³/mol. The third-order valence-electron chi connectivity index (χ3n) is 5.23. The summed E-state index contributed by atoms with van der Waals surface area (Å²) in [5.41, 5.74) is 1.76. The van der Waals surface area contributed by atoms with Crippen LogP contribution in [-0.4, -0.2) is 15.3 Å². The summed E-state index contributed by atoms with van der Waals surface area (Å²) in [7, 11) is 0. The second-order valence-electron chi connectivity index (χ2n) is 7.35. The first-order valence-corrected chi connectivity index (χ1v) is 10.7. The van der Waals surface area contributed by atoms with E-state index in [1.807, 2.05) is 42.5 Å². The standard InChI is InChI=1S/C24H17BrFN3O3/c25-16-10-11-20(19(26)13-16)27-22(30)14-28-24-18(12-15-6-4-5-9-21(15)32-24)23(31)29(28)17-7-2-1-3-8-17/h1-11,13H,12,14H2,(H,27,30). The van der Waals surface area contributed by atoms with Crippen LogP contribution in [0.25, 0.3) is 5.69 Å². The van der Waals surface area contributed by atoms with Crippen LogP contribution in [0, 0.1) is 5.82 Å². The Hall–Kier alpha value is -3.65. The molecule has 0 spiro atoms. The van der Waals surface area contributed by atoms with Crippen molar-refractivity contribution in [3.05, 3.63) is 105 Å². The maximum atomic E-state index is 14.2. The van der Waals surface area contributed by atoms with Crippen molar-refractivity contribution in [1.29, 1.82) is 0 Å². The van der Waals surface area contributed by atoms with Crippen LogP contribution in [0.5, 0.6) is 11.6 Å². The number of aromatic nitrogens is 2. The van der Waals surface area contributed by atoms with Gasteiger partial charge in [-0.05, 0) is 42.0 Å². The number of carbonyl (C=O) groups excluding carboxylic acids is 1. The van der Waals surface area contributed by atoms with Crippen LogP contribution in [0.4, 0.5) is 10.1 Å². The van der Waals surface area contributed by atoms with Gasteiger partial charge in [-0.3, -0.25) is 9.59 Å². The Morgan fingerprint density at radius 1 is 1.06 bits per heavy atom. The van der Waals surface area contributed by atoms with Gasteiger partial charge in [-0.25, -0.2) is 13.8 Å². The highest BCUT2D eigenvalue weighted by molar-refractivity contribution is 9.10. The first-order valence-electron chi connectivity index (χ1n) is 9.92. The molecule has 32 heavy (non-hydrogen) atoms. The monoisotopic (exact) mass is 493 g/mol. The lowest BCUT2D eigenvalue weighted by Crippen LogP contribution is -2.27. The van der Waals surface area contributed by atoms with Gasteiger partial charge in [-0.15, -0.1) is 0 Å². The van der Waals surface area contributed by atoms with Crippen LogP contribution in [0.2, 0.25) is 0 Å². The number of nitrogens with one attached hydrogen (secondary N) is 1. The van der Waals surface area contributed by atoms with E-state index in [0.717, 1.165) is 5.56 Å². The average Bonchev–Trinajstić information content (AvgIpc) is 3.05. The lowest BCUT2D eigenvalue weighted by Gasteiger charge is -2.19. The molecule has 0 aliphatic carbocycles. The van der Waals surface area contributed by atoms with Crippen molar-refractivity contribution in [2.45, 2.75) is 13.0 Å². The Morgan fingerprint density at radius 3 is 2.59 bits per heavy atom. The summed E-state index contributed by atoms with van der Waals surface area (Å²) in [6, 6.07) is 20.9. The third-order valence-corrected chi connectivity index (χ3v) is 5.72. The normalized spacial score (nSPS) is 11.9. The Balaban J connectivity index is 1.56. The summed E-state index contributed by atoms with van der Waals surface area (Å²) in [6.07, 6.45) is 0.396. The van der Waals surface area contributed by atoms with Crippen molar-refractivity contribution in [2.24, 2.45) is 0 Å². The molecule has 1 N–H and O–H groups in total. The molecule has 1 amide bonds. The molecule has 6 nitrogen and oxygen atoms in total. The minimum absolute atomic E-state index is 0.0547. The first kappa shape index (κ1) is 20.3. The Morgan fingerprint density at radius 2 is 1.81 bits per heavy atom. The number of amides is 1. The molecule has 3 aromatic carbocycles. The molecule has 4 aromatic rings. The molecule has 0 fully saturated rings. The maximum absolute atomic E-state index is 14.2. The highest BCUT2D eigenvalue weighted by Crippen LogP contribution is 2.35. The summed E-state index contributed by atoms with van der Waals surface area (Å²) < 4.78 is 23.8. The third kappa shape index (κ3) is 3.62. The van der Waals surface area contributed by atoms with Crippen molar-refractivity contribution >= 4 is 27.5 Å². The largest absolute Gasteiger partial charge is 0.439 e. The van der Waals surface area contributed by atoms with Gasteiger partial charge in [-0.2, -0.15) is 0 Å². The molecule has 160 valence electrons. The van der Waals surface area contributed by atoms with Crippen LogP contribution in [0.1, 0.15) is 11.1 Å². The van der Waals surface area contributed by atoms with Gasteiger partial charge in [-0.1, -0.05) is 52.3 Å². The number of halogens is 2. The van der Waals surface area contributed by atoms with Gasteiger partial charge in [0.15, 0.2) is 0 Å². The van der Waals surface area contributed by atoms with Crippen LogP contribution in [-0.2, 0) is 17.8 Å². The molecule has 0 radical (unpaired) electrons. The molecule has 1 aliphatic heterocycles. The fourth-order valence-corrected chi connectivity index (χ4v) is 4.10. The molecule has 0 unspecified atom stereocenters. The van der Waals surface area contributed by atoms with E-state index in [1.165, 1.54) is 21.5 Å². The molecule has 5 rings (SSSR count). The number of ether oxygens (including phenoxy) is 1. The van der Waals surface area contributed by atoms with E-state index in [9.17, 15) is 14.0 Å². The van der Waals surface area contributed by atoms with E-state index in [2.05, 4.69) is 21.2 Å². The minimum Gasteiger partial charge on any atom is -0.439 e. The lowest BCUT2D eigenvalue weighted by molar-refractivity contribution is -0.117. The average molecular weight is 494 g/mol.